The van der Waals surface area contributed by atoms with Crippen LogP contribution in [-0.4, -0.2) is 36.8 Å². The molecule has 0 aromatic rings. The van der Waals surface area contributed by atoms with E-state index in [0.717, 1.165) is 0 Å². The number of aliphatic carboxylic acids is 1. The molecule has 1 atom stereocenters. The van der Waals surface area contributed by atoms with Gasteiger partial charge in [-0.05, 0) is 0 Å². The smallest absolute Gasteiger partial charge is 0.317 e. The van der Waals surface area contributed by atoms with Crippen molar-refractivity contribution in [2.75, 3.05) is 19.6 Å². The lowest BCUT2D eigenvalue weighted by Gasteiger charge is -2.07. The van der Waals surface area contributed by atoms with Crippen LogP contribution < -0.4 is 16.8 Å². The summed E-state index contributed by atoms with van der Waals surface area (Å²) in [5.74, 6) is -0.885. The largest absolute Gasteiger partial charge is 0.480 e. The quantitative estimate of drug-likeness (QED) is 0.358. The molecule has 0 spiro atoms. The van der Waals surface area contributed by atoms with Crippen molar-refractivity contribution in [1.29, 1.82) is 0 Å². The topological polar surface area (TPSA) is 101 Å². The Morgan fingerprint density at radius 3 is 2.70 bits per heavy atom. The predicted octanol–water partition coefficient (Wildman–Crippen LogP) is -2.05. The van der Waals surface area contributed by atoms with Crippen LogP contribution in [0.4, 0.5) is 0 Å². The van der Waals surface area contributed by atoms with E-state index in [1.807, 2.05) is 0 Å². The van der Waals surface area contributed by atoms with Gasteiger partial charge in [0.15, 0.2) is 0 Å². The van der Waals surface area contributed by atoms with Crippen LogP contribution in [-0.2, 0) is 4.79 Å². The van der Waals surface area contributed by atoms with Gasteiger partial charge in [0.05, 0.1) is 6.54 Å². The van der Waals surface area contributed by atoms with Gasteiger partial charge in [0.1, 0.15) is 0 Å². The van der Waals surface area contributed by atoms with Gasteiger partial charge in [-0.25, -0.2) is 0 Å². The highest BCUT2D eigenvalue weighted by Gasteiger charge is 1.99. The minimum Gasteiger partial charge on any atom is -0.480 e. The van der Waals surface area contributed by atoms with E-state index in [4.69, 9.17) is 16.6 Å². The zero-order valence-corrected chi connectivity index (χ0v) is 5.71. The molecule has 0 aliphatic heterocycles. The van der Waals surface area contributed by atoms with E-state index in [1.54, 1.807) is 0 Å². The molecule has 0 unspecified atom stereocenters. The van der Waals surface area contributed by atoms with Crippen LogP contribution in [0.3, 0.4) is 0 Å². The number of hydrogen-bond donors (Lipinski definition) is 4. The Kier molecular flexibility index (Phi) is 4.82. The fraction of sp³-hybridized carbons (Fsp3) is 0.800. The molecule has 0 saturated heterocycles. The van der Waals surface area contributed by atoms with Gasteiger partial charge in [-0.2, -0.15) is 0 Å². The Balaban J connectivity index is 3.11. The fourth-order valence-electron chi connectivity index (χ4n) is 0.448. The van der Waals surface area contributed by atoms with Gasteiger partial charge in [-0.3, -0.25) is 4.79 Å². The Morgan fingerprint density at radius 1 is 1.70 bits per heavy atom. The molecule has 5 nitrogen and oxygen atoms in total. The third-order valence-electron chi connectivity index (χ3n) is 0.986. The second kappa shape index (κ2) is 5.16. The van der Waals surface area contributed by atoms with Crippen LogP contribution in [0.1, 0.15) is 0 Å². The zero-order valence-electron chi connectivity index (χ0n) is 5.71. The molecule has 0 rings (SSSR count). The Labute approximate surface area is 59.4 Å². The number of carboxylic acids is 1. The molecular formula is C5H13N3O2. The van der Waals surface area contributed by atoms with Gasteiger partial charge in [0.25, 0.3) is 0 Å². The summed E-state index contributed by atoms with van der Waals surface area (Å²) in [6.07, 6.45) is 0. The van der Waals surface area contributed by atoms with Gasteiger partial charge in [0, 0.05) is 19.1 Å². The monoisotopic (exact) mass is 147 g/mol. The molecular weight excluding hydrogens is 134 g/mol. The summed E-state index contributed by atoms with van der Waals surface area (Å²) in [7, 11) is 0. The summed E-state index contributed by atoms with van der Waals surface area (Å²) >= 11 is 0. The molecule has 6 N–H and O–H groups in total. The molecule has 0 aliphatic carbocycles. The molecule has 10 heavy (non-hydrogen) atoms. The second-order valence-corrected chi connectivity index (χ2v) is 2.02. The third kappa shape index (κ3) is 5.49. The first-order valence-electron chi connectivity index (χ1n) is 3.05. The predicted molar refractivity (Wildman–Crippen MR) is 37.5 cm³/mol. The molecule has 0 radical (unpaired) electrons. The number of rotatable bonds is 5. The van der Waals surface area contributed by atoms with Gasteiger partial charge >= 0.3 is 5.97 Å². The number of carbonyl (C=O) groups is 1. The van der Waals surface area contributed by atoms with E-state index in [0.29, 0.717) is 13.1 Å². The van der Waals surface area contributed by atoms with Crippen molar-refractivity contribution < 1.29 is 9.90 Å². The summed E-state index contributed by atoms with van der Waals surface area (Å²) in [5.41, 5.74) is 10.6. The molecule has 60 valence electrons. The molecule has 0 heterocycles. The van der Waals surface area contributed by atoms with Crippen LogP contribution in [0.5, 0.6) is 0 Å². The minimum absolute atomic E-state index is 0.0618. The number of nitrogens with two attached hydrogens (primary N) is 2. The highest BCUT2D eigenvalue weighted by molar-refractivity contribution is 5.68. The van der Waals surface area contributed by atoms with Crippen molar-refractivity contribution in [2.24, 2.45) is 11.5 Å². The van der Waals surface area contributed by atoms with Crippen molar-refractivity contribution in [3.05, 3.63) is 0 Å². The second-order valence-electron chi connectivity index (χ2n) is 2.02. The van der Waals surface area contributed by atoms with Crippen LogP contribution in [0.15, 0.2) is 0 Å². The summed E-state index contributed by atoms with van der Waals surface area (Å²) in [6, 6.07) is -0.153. The normalized spacial score (nSPS) is 13.0. The van der Waals surface area contributed by atoms with Gasteiger partial charge in [0.2, 0.25) is 0 Å². The SMILES string of the molecule is NC[C@H](N)CNCC(=O)O. The van der Waals surface area contributed by atoms with Crippen LogP contribution in [0.2, 0.25) is 0 Å². The van der Waals surface area contributed by atoms with Gasteiger partial charge in [-0.15, -0.1) is 0 Å². The van der Waals surface area contributed by atoms with Crippen molar-refractivity contribution in [1.82, 2.24) is 5.32 Å². The first kappa shape index (κ1) is 9.35. The highest BCUT2D eigenvalue weighted by Crippen LogP contribution is 1.68. The fourth-order valence-corrected chi connectivity index (χ4v) is 0.448. The molecule has 0 aromatic heterocycles. The molecule has 5 heteroatoms. The molecule has 0 aromatic carbocycles. The Bertz CT molecular complexity index is 107. The van der Waals surface area contributed by atoms with E-state index in [1.165, 1.54) is 0 Å². The van der Waals surface area contributed by atoms with E-state index < -0.39 is 5.97 Å². The highest BCUT2D eigenvalue weighted by atomic mass is 16.4. The first-order valence-corrected chi connectivity index (χ1v) is 3.05. The average Bonchev–Trinajstić information content (AvgIpc) is 1.87. The maximum atomic E-state index is 9.93. The van der Waals surface area contributed by atoms with Gasteiger partial charge in [-0.1, -0.05) is 0 Å². The van der Waals surface area contributed by atoms with Crippen molar-refractivity contribution >= 4 is 5.97 Å². The van der Waals surface area contributed by atoms with Crippen molar-refractivity contribution in [3.8, 4) is 0 Å². The lowest BCUT2D eigenvalue weighted by atomic mass is 10.3. The summed E-state index contributed by atoms with van der Waals surface area (Å²) in [4.78, 5) is 9.93. The number of carboxylic acid groups (broad SMARTS) is 1. The van der Waals surface area contributed by atoms with Crippen LogP contribution in [0, 0.1) is 0 Å². The van der Waals surface area contributed by atoms with E-state index >= 15 is 0 Å². The summed E-state index contributed by atoms with van der Waals surface area (Å²) in [6.45, 7) is 0.753. The van der Waals surface area contributed by atoms with Crippen LogP contribution >= 0.6 is 0 Å². The van der Waals surface area contributed by atoms with Crippen LogP contribution in [0.25, 0.3) is 0 Å². The average molecular weight is 147 g/mol. The number of nitrogens with one attached hydrogen (secondary N) is 1. The van der Waals surface area contributed by atoms with E-state index in [9.17, 15) is 4.79 Å². The van der Waals surface area contributed by atoms with Gasteiger partial charge < -0.3 is 21.9 Å². The maximum Gasteiger partial charge on any atom is 0.317 e. The molecule has 0 saturated carbocycles. The minimum atomic E-state index is -0.885. The Morgan fingerprint density at radius 2 is 2.30 bits per heavy atom. The third-order valence-corrected chi connectivity index (χ3v) is 0.986. The maximum absolute atomic E-state index is 9.93. The lowest BCUT2D eigenvalue weighted by molar-refractivity contribution is -0.135. The molecule has 0 amide bonds. The molecule has 0 aliphatic rings. The molecule has 0 bridgehead atoms. The standard InChI is InChI=1S/C5H13N3O2/c6-1-4(7)2-8-3-5(9)10/h4,8H,1-3,6-7H2,(H,9,10)/t4-/m0/s1. The summed E-state index contributed by atoms with van der Waals surface area (Å²) < 4.78 is 0. The molecule has 0 fully saturated rings. The lowest BCUT2D eigenvalue weighted by Crippen LogP contribution is -2.41. The van der Waals surface area contributed by atoms with Crippen molar-refractivity contribution in [3.63, 3.8) is 0 Å². The summed E-state index contributed by atoms with van der Waals surface area (Å²) in [5, 5.41) is 10.8. The van der Waals surface area contributed by atoms with E-state index in [-0.39, 0.29) is 12.6 Å². The van der Waals surface area contributed by atoms with E-state index in [2.05, 4.69) is 5.32 Å². The first-order chi connectivity index (χ1) is 4.66. The zero-order chi connectivity index (χ0) is 7.98. The Hall–Kier alpha value is -0.650. The van der Waals surface area contributed by atoms with Crippen molar-refractivity contribution in [2.45, 2.75) is 6.04 Å². The number of hydrogen-bond acceptors (Lipinski definition) is 4.